The molecule has 19 heavy (non-hydrogen) atoms. The summed E-state index contributed by atoms with van der Waals surface area (Å²) in [6.07, 6.45) is 7.70. The smallest absolute Gasteiger partial charge is 0.170 e. The van der Waals surface area contributed by atoms with Crippen molar-refractivity contribution in [2.75, 3.05) is 7.11 Å². The predicted molar refractivity (Wildman–Crippen MR) is 73.5 cm³/mol. The number of fused-ring (bicyclic) bond motifs is 4. The first kappa shape index (κ1) is 11.3. The summed E-state index contributed by atoms with van der Waals surface area (Å²) in [5.74, 6) is 1.74. The van der Waals surface area contributed by atoms with Crippen LogP contribution in [0.1, 0.15) is 41.6 Å². The lowest BCUT2D eigenvalue weighted by Gasteiger charge is -2.38. The molecule has 1 spiro atoms. The van der Waals surface area contributed by atoms with Crippen LogP contribution in [0.2, 0.25) is 0 Å². The van der Waals surface area contributed by atoms with Gasteiger partial charge in [-0.15, -0.1) is 0 Å². The number of methoxy groups -OCH3 is 1. The third-order valence-corrected chi connectivity index (χ3v) is 5.38. The fourth-order valence-electron chi connectivity index (χ4n) is 4.32. The zero-order chi connectivity index (χ0) is 13.0. The van der Waals surface area contributed by atoms with Crippen LogP contribution in [0, 0.1) is 11.3 Å². The standard InChI is InChI=1S/C17H18O2/c1-19-14-5-3-12-6-7-17(16(18)15(12)9-14)10-11-2-4-13(17)8-11/h2-3,5,9,13H,4,6-8,10H2,1H3. The van der Waals surface area contributed by atoms with Crippen molar-refractivity contribution in [3.8, 4) is 5.75 Å². The van der Waals surface area contributed by atoms with Gasteiger partial charge in [0.25, 0.3) is 0 Å². The molecule has 0 N–H and O–H groups in total. The van der Waals surface area contributed by atoms with Gasteiger partial charge in [0.15, 0.2) is 5.78 Å². The van der Waals surface area contributed by atoms with E-state index >= 15 is 0 Å². The van der Waals surface area contributed by atoms with Gasteiger partial charge in [0.2, 0.25) is 0 Å². The Bertz CT molecular complexity index is 599. The number of hydrogen-bond acceptors (Lipinski definition) is 2. The van der Waals surface area contributed by atoms with Crippen molar-refractivity contribution in [1.29, 1.82) is 0 Å². The van der Waals surface area contributed by atoms with Crippen LogP contribution >= 0.6 is 0 Å². The highest BCUT2D eigenvalue weighted by atomic mass is 16.5. The van der Waals surface area contributed by atoms with Crippen LogP contribution in [-0.4, -0.2) is 12.9 Å². The molecule has 2 atom stereocenters. The molecule has 3 aliphatic rings. The van der Waals surface area contributed by atoms with Gasteiger partial charge in [0.1, 0.15) is 5.75 Å². The molecule has 2 heteroatoms. The number of hydrogen-bond donors (Lipinski definition) is 0. The van der Waals surface area contributed by atoms with Crippen molar-refractivity contribution in [2.45, 2.75) is 32.1 Å². The number of benzene rings is 1. The Morgan fingerprint density at radius 2 is 2.26 bits per heavy atom. The molecule has 2 unspecified atom stereocenters. The Morgan fingerprint density at radius 3 is 2.95 bits per heavy atom. The second-order valence-corrected chi connectivity index (χ2v) is 6.18. The predicted octanol–water partition coefficient (Wildman–Crippen LogP) is 3.55. The van der Waals surface area contributed by atoms with Crippen molar-refractivity contribution in [1.82, 2.24) is 0 Å². The van der Waals surface area contributed by atoms with Crippen LogP contribution in [0.4, 0.5) is 0 Å². The molecule has 1 aromatic rings. The van der Waals surface area contributed by atoms with Gasteiger partial charge in [-0.2, -0.15) is 0 Å². The van der Waals surface area contributed by atoms with E-state index in [9.17, 15) is 4.79 Å². The van der Waals surface area contributed by atoms with E-state index in [1.165, 1.54) is 11.1 Å². The molecule has 4 rings (SSSR count). The molecular weight excluding hydrogens is 236 g/mol. The van der Waals surface area contributed by atoms with Crippen LogP contribution in [0.15, 0.2) is 29.8 Å². The second kappa shape index (κ2) is 3.72. The maximum absolute atomic E-state index is 13.0. The first-order valence-corrected chi connectivity index (χ1v) is 7.12. The van der Waals surface area contributed by atoms with E-state index in [2.05, 4.69) is 12.1 Å². The largest absolute Gasteiger partial charge is 0.497 e. The summed E-state index contributed by atoms with van der Waals surface area (Å²) in [7, 11) is 1.66. The average Bonchev–Trinajstić information content (AvgIpc) is 3.04. The first-order valence-electron chi connectivity index (χ1n) is 7.12. The van der Waals surface area contributed by atoms with E-state index in [4.69, 9.17) is 4.74 Å². The lowest BCUT2D eigenvalue weighted by atomic mass is 9.63. The van der Waals surface area contributed by atoms with Crippen LogP contribution in [0.5, 0.6) is 5.75 Å². The maximum Gasteiger partial charge on any atom is 0.170 e. The summed E-state index contributed by atoms with van der Waals surface area (Å²) in [6.45, 7) is 0. The van der Waals surface area contributed by atoms with Gasteiger partial charge in [-0.3, -0.25) is 4.79 Å². The van der Waals surface area contributed by atoms with Crippen LogP contribution < -0.4 is 4.74 Å². The Kier molecular flexibility index (Phi) is 2.21. The highest BCUT2D eigenvalue weighted by molar-refractivity contribution is 6.04. The summed E-state index contributed by atoms with van der Waals surface area (Å²) in [6, 6.07) is 5.97. The first-order chi connectivity index (χ1) is 9.23. The Balaban J connectivity index is 1.80. The number of allylic oxidation sites excluding steroid dienone is 2. The van der Waals surface area contributed by atoms with E-state index in [1.54, 1.807) is 7.11 Å². The summed E-state index contributed by atoms with van der Waals surface area (Å²) in [4.78, 5) is 13.0. The van der Waals surface area contributed by atoms with Crippen LogP contribution in [-0.2, 0) is 6.42 Å². The average molecular weight is 254 g/mol. The van der Waals surface area contributed by atoms with Gasteiger partial charge >= 0.3 is 0 Å². The van der Waals surface area contributed by atoms with Gasteiger partial charge in [-0.05, 0) is 55.7 Å². The van der Waals surface area contributed by atoms with Gasteiger partial charge in [-0.1, -0.05) is 17.7 Å². The number of rotatable bonds is 1. The molecule has 0 radical (unpaired) electrons. The minimum absolute atomic E-state index is 0.0799. The molecule has 3 aliphatic carbocycles. The third kappa shape index (κ3) is 1.40. The van der Waals surface area contributed by atoms with E-state index in [0.29, 0.717) is 11.7 Å². The molecule has 2 bridgehead atoms. The zero-order valence-corrected chi connectivity index (χ0v) is 11.2. The molecule has 98 valence electrons. The minimum Gasteiger partial charge on any atom is -0.497 e. The third-order valence-electron chi connectivity index (χ3n) is 5.38. The Morgan fingerprint density at radius 1 is 1.37 bits per heavy atom. The summed E-state index contributed by atoms with van der Waals surface area (Å²) in [5.41, 5.74) is 3.56. The van der Waals surface area contributed by atoms with Crippen molar-refractivity contribution in [3.63, 3.8) is 0 Å². The second-order valence-electron chi connectivity index (χ2n) is 6.18. The van der Waals surface area contributed by atoms with Crippen molar-refractivity contribution in [2.24, 2.45) is 11.3 Å². The molecule has 1 aromatic carbocycles. The molecule has 0 saturated heterocycles. The van der Waals surface area contributed by atoms with Gasteiger partial charge in [-0.25, -0.2) is 0 Å². The summed E-state index contributed by atoms with van der Waals surface area (Å²) >= 11 is 0. The number of ketones is 1. The SMILES string of the molecule is COc1ccc2c(c1)C(=O)C1(CC2)CC2=CCC1C2. The lowest BCUT2D eigenvalue weighted by molar-refractivity contribution is 0.0670. The van der Waals surface area contributed by atoms with E-state index in [1.807, 2.05) is 12.1 Å². The maximum atomic E-state index is 13.0. The fourth-order valence-corrected chi connectivity index (χ4v) is 4.32. The highest BCUT2D eigenvalue weighted by Crippen LogP contribution is 2.58. The molecular formula is C17H18O2. The molecule has 0 amide bonds. The molecule has 1 fully saturated rings. The molecule has 2 nitrogen and oxygen atoms in total. The number of aryl methyl sites for hydroxylation is 1. The molecule has 0 aromatic heterocycles. The number of ether oxygens (including phenoxy) is 1. The zero-order valence-electron chi connectivity index (χ0n) is 11.2. The topological polar surface area (TPSA) is 26.3 Å². The fraction of sp³-hybridized carbons (Fsp3) is 0.471. The van der Waals surface area contributed by atoms with Crippen molar-refractivity contribution >= 4 is 5.78 Å². The monoisotopic (exact) mass is 254 g/mol. The normalized spacial score (nSPS) is 31.5. The van der Waals surface area contributed by atoms with E-state index < -0.39 is 0 Å². The quantitative estimate of drug-likeness (QED) is 0.716. The highest BCUT2D eigenvalue weighted by Gasteiger charge is 2.53. The number of Topliss-reactive ketones (excluding diaryl/α,β-unsaturated/α-hetero) is 1. The van der Waals surface area contributed by atoms with Crippen molar-refractivity contribution in [3.05, 3.63) is 41.0 Å². The Labute approximate surface area is 113 Å². The van der Waals surface area contributed by atoms with Crippen molar-refractivity contribution < 1.29 is 9.53 Å². The molecule has 1 saturated carbocycles. The van der Waals surface area contributed by atoms with Gasteiger partial charge in [0.05, 0.1) is 7.11 Å². The number of carbonyl (C=O) groups excluding carboxylic acids is 1. The summed E-state index contributed by atoms with van der Waals surface area (Å²) < 4.78 is 5.28. The summed E-state index contributed by atoms with van der Waals surface area (Å²) in [5, 5.41) is 0. The Hall–Kier alpha value is -1.57. The molecule has 0 aliphatic heterocycles. The van der Waals surface area contributed by atoms with Crippen LogP contribution in [0.25, 0.3) is 0 Å². The van der Waals surface area contributed by atoms with E-state index in [-0.39, 0.29) is 5.41 Å². The van der Waals surface area contributed by atoms with E-state index in [0.717, 1.165) is 43.4 Å². The lowest BCUT2D eigenvalue weighted by Crippen LogP contribution is -2.39. The van der Waals surface area contributed by atoms with Gasteiger partial charge < -0.3 is 4.74 Å². The van der Waals surface area contributed by atoms with Crippen LogP contribution in [0.3, 0.4) is 0 Å². The van der Waals surface area contributed by atoms with Gasteiger partial charge in [0, 0.05) is 11.0 Å². The minimum atomic E-state index is -0.0799. The number of carbonyl (C=O) groups is 1. The molecule has 0 heterocycles.